The van der Waals surface area contributed by atoms with E-state index in [2.05, 4.69) is 20.9 Å². The zero-order valence-electron chi connectivity index (χ0n) is 29.1. The summed E-state index contributed by atoms with van der Waals surface area (Å²) >= 11 is 0. The van der Waals surface area contributed by atoms with Gasteiger partial charge in [0.15, 0.2) is 0 Å². The first-order chi connectivity index (χ1) is 23.8. The fraction of sp³-hybridized carbons (Fsp3) is 0.447. The van der Waals surface area contributed by atoms with Crippen molar-refractivity contribution in [1.29, 1.82) is 0 Å². The van der Waals surface area contributed by atoms with Gasteiger partial charge < -0.3 is 35.2 Å². The van der Waals surface area contributed by atoms with Gasteiger partial charge in [-0.25, -0.2) is 4.79 Å². The van der Waals surface area contributed by atoms with Crippen LogP contribution in [-0.2, 0) is 9.53 Å². The number of hydrogen-bond acceptors (Lipinski definition) is 7. The van der Waals surface area contributed by atoms with Gasteiger partial charge in [-0.05, 0) is 87.3 Å². The maximum Gasteiger partial charge on any atom is 0.409 e. The average Bonchev–Trinajstić information content (AvgIpc) is 3.12. The molecule has 4 rings (SSSR count). The minimum atomic E-state index is -1.06. The largest absolute Gasteiger partial charge is 0.465 e. The lowest BCUT2D eigenvalue weighted by Crippen LogP contribution is -2.40. The average molecular weight is 673 g/mol. The highest BCUT2D eigenvalue weighted by molar-refractivity contribution is 5.94. The highest BCUT2D eigenvalue weighted by Gasteiger charge is 2.25. The van der Waals surface area contributed by atoms with Crippen LogP contribution in [0.5, 0.6) is 0 Å². The molecule has 0 unspecified atom stereocenters. The van der Waals surface area contributed by atoms with Gasteiger partial charge in [-0.2, -0.15) is 0 Å². The van der Waals surface area contributed by atoms with Gasteiger partial charge in [-0.3, -0.25) is 14.9 Å². The Bertz CT molecular complexity index is 1480. The molecule has 1 heterocycles. The quantitative estimate of drug-likeness (QED) is 0.135. The third-order valence-corrected chi connectivity index (χ3v) is 9.05. The number of likely N-dealkylation sites (tertiary alicyclic amines) is 1. The second-order valence-electron chi connectivity index (χ2n) is 12.5. The Hall–Kier alpha value is -4.45. The van der Waals surface area contributed by atoms with Crippen LogP contribution in [0.15, 0.2) is 72.8 Å². The number of carboxylic acid groups (broad SMARTS) is 1. The molecule has 4 N–H and O–H groups in total. The summed E-state index contributed by atoms with van der Waals surface area (Å²) in [5, 5.41) is 18.7. The van der Waals surface area contributed by atoms with E-state index < -0.39 is 6.09 Å². The van der Waals surface area contributed by atoms with Crippen molar-refractivity contribution < 1.29 is 24.2 Å². The van der Waals surface area contributed by atoms with Gasteiger partial charge in [-0.15, -0.1) is 0 Å². The molecule has 3 amide bonds. The van der Waals surface area contributed by atoms with Crippen LogP contribution in [0.4, 0.5) is 16.2 Å². The molecule has 1 saturated heterocycles. The van der Waals surface area contributed by atoms with E-state index >= 15 is 0 Å². The Morgan fingerprint density at radius 2 is 1.61 bits per heavy atom. The summed E-state index contributed by atoms with van der Waals surface area (Å²) in [5.74, 6) is 0.319. The first-order valence-electron chi connectivity index (χ1n) is 17.2. The van der Waals surface area contributed by atoms with Crippen LogP contribution in [-0.4, -0.2) is 118 Å². The summed E-state index contributed by atoms with van der Waals surface area (Å²) in [6.45, 7) is 6.22. The van der Waals surface area contributed by atoms with Crippen molar-refractivity contribution in [2.45, 2.75) is 31.6 Å². The molecule has 11 nitrogen and oxygen atoms in total. The van der Waals surface area contributed by atoms with Crippen LogP contribution in [0, 0.1) is 0 Å². The van der Waals surface area contributed by atoms with Crippen LogP contribution in [0.25, 0.3) is 11.1 Å². The van der Waals surface area contributed by atoms with Crippen LogP contribution in [0.2, 0.25) is 0 Å². The minimum absolute atomic E-state index is 0.0110. The maximum atomic E-state index is 12.7. The lowest BCUT2D eigenvalue weighted by Gasteiger charge is -2.34. The molecule has 11 heteroatoms. The molecule has 3 aromatic rings. The zero-order valence-corrected chi connectivity index (χ0v) is 29.1. The standard InChI is InChI=1S/C38H52N6O5/c1-39-20-8-22-43(3)37(46)31-13-15-32(16-14-31)40-21-28-49-27-19-35(45)42(2)25-26-44-23-17-30(18-24-44)34-12-7-11-33(36(34)41-38(47)48)29-9-5-4-6-10-29/h4-7,9-16,30,39-41H,8,17-28H2,1-3H3,(H,47,48). The molecule has 0 bridgehead atoms. The van der Waals surface area contributed by atoms with Crippen LogP contribution >= 0.6 is 0 Å². The predicted molar refractivity (Wildman–Crippen MR) is 195 cm³/mol. The van der Waals surface area contributed by atoms with E-state index in [0.717, 1.165) is 67.8 Å². The molecule has 0 aromatic heterocycles. The Morgan fingerprint density at radius 1 is 0.878 bits per heavy atom. The maximum absolute atomic E-state index is 12.7. The fourth-order valence-corrected chi connectivity index (χ4v) is 6.16. The van der Waals surface area contributed by atoms with Crippen molar-refractivity contribution in [3.05, 3.63) is 83.9 Å². The van der Waals surface area contributed by atoms with Gasteiger partial charge >= 0.3 is 6.09 Å². The summed E-state index contributed by atoms with van der Waals surface area (Å²) in [6.07, 6.45) is 2.01. The van der Waals surface area contributed by atoms with Gasteiger partial charge in [0.2, 0.25) is 5.91 Å². The summed E-state index contributed by atoms with van der Waals surface area (Å²) in [5.41, 5.74) is 5.16. The molecule has 0 radical (unpaired) electrons. The number of benzene rings is 3. The number of carbonyl (C=O) groups excluding carboxylic acids is 2. The molecule has 1 fully saturated rings. The van der Waals surface area contributed by atoms with Crippen LogP contribution in [0.1, 0.15) is 47.5 Å². The molecule has 49 heavy (non-hydrogen) atoms. The minimum Gasteiger partial charge on any atom is -0.465 e. The normalized spacial score (nSPS) is 13.5. The van der Waals surface area contributed by atoms with Crippen molar-refractivity contribution in [1.82, 2.24) is 20.0 Å². The van der Waals surface area contributed by atoms with E-state index in [1.54, 1.807) is 9.80 Å². The molecule has 0 atom stereocenters. The molecule has 0 spiro atoms. The lowest BCUT2D eigenvalue weighted by atomic mass is 9.86. The van der Waals surface area contributed by atoms with Crippen LogP contribution < -0.4 is 16.0 Å². The number of amides is 3. The van der Waals surface area contributed by atoms with Crippen molar-refractivity contribution >= 4 is 29.3 Å². The Morgan fingerprint density at radius 3 is 2.31 bits per heavy atom. The summed E-state index contributed by atoms with van der Waals surface area (Å²) in [7, 11) is 5.56. The van der Waals surface area contributed by atoms with E-state index in [0.29, 0.717) is 50.5 Å². The summed E-state index contributed by atoms with van der Waals surface area (Å²) in [4.78, 5) is 42.9. The monoisotopic (exact) mass is 672 g/mol. The molecule has 1 aliphatic rings. The van der Waals surface area contributed by atoms with Gasteiger partial charge in [0.1, 0.15) is 0 Å². The highest BCUT2D eigenvalue weighted by atomic mass is 16.5. The Labute approximate surface area is 290 Å². The number of piperidine rings is 1. The predicted octanol–water partition coefficient (Wildman–Crippen LogP) is 5.28. The Balaban J connectivity index is 1.12. The molecular formula is C38H52N6O5. The van der Waals surface area contributed by atoms with Gasteiger partial charge in [0, 0.05) is 57.1 Å². The van der Waals surface area contributed by atoms with E-state index in [4.69, 9.17) is 4.74 Å². The summed E-state index contributed by atoms with van der Waals surface area (Å²) < 4.78 is 5.71. The first kappa shape index (κ1) is 37.4. The number of carbonyl (C=O) groups is 3. The molecule has 0 aliphatic carbocycles. The molecule has 1 aliphatic heterocycles. The number of likely N-dealkylation sites (N-methyl/N-ethyl adjacent to an activating group) is 1. The Kier molecular flexibility index (Phi) is 14.9. The first-order valence-corrected chi connectivity index (χ1v) is 17.2. The van der Waals surface area contributed by atoms with Crippen molar-refractivity contribution in [2.24, 2.45) is 0 Å². The zero-order chi connectivity index (χ0) is 35.0. The van der Waals surface area contributed by atoms with Crippen molar-refractivity contribution in [3.8, 4) is 11.1 Å². The number of hydrogen-bond donors (Lipinski definition) is 4. The van der Waals surface area contributed by atoms with Gasteiger partial charge in [-0.1, -0.05) is 48.5 Å². The third-order valence-electron chi connectivity index (χ3n) is 9.05. The number of anilines is 2. The number of para-hydroxylation sites is 1. The SMILES string of the molecule is CNCCCN(C)C(=O)c1ccc(NCCOCCC(=O)N(C)CCN2CCC(c3cccc(-c4ccccc4)c3NC(=O)O)CC2)cc1. The lowest BCUT2D eigenvalue weighted by molar-refractivity contribution is -0.131. The second kappa shape index (κ2) is 19.5. The number of nitrogens with one attached hydrogen (secondary N) is 3. The molecule has 264 valence electrons. The van der Waals surface area contributed by atoms with E-state index in [-0.39, 0.29) is 17.7 Å². The summed E-state index contributed by atoms with van der Waals surface area (Å²) in [6, 6.07) is 23.3. The van der Waals surface area contributed by atoms with Crippen molar-refractivity contribution in [3.63, 3.8) is 0 Å². The third kappa shape index (κ3) is 11.6. The molecule has 3 aromatic carbocycles. The van der Waals surface area contributed by atoms with E-state index in [1.807, 2.05) is 93.9 Å². The van der Waals surface area contributed by atoms with E-state index in [1.165, 1.54) is 0 Å². The smallest absolute Gasteiger partial charge is 0.409 e. The number of rotatable bonds is 18. The van der Waals surface area contributed by atoms with E-state index in [9.17, 15) is 19.5 Å². The van der Waals surface area contributed by atoms with Crippen LogP contribution in [0.3, 0.4) is 0 Å². The van der Waals surface area contributed by atoms with Gasteiger partial charge in [0.25, 0.3) is 5.91 Å². The molecular weight excluding hydrogens is 620 g/mol. The fourth-order valence-electron chi connectivity index (χ4n) is 6.16. The number of ether oxygens (including phenoxy) is 1. The topological polar surface area (TPSA) is 126 Å². The number of nitrogens with zero attached hydrogens (tertiary/aromatic N) is 3. The van der Waals surface area contributed by atoms with Gasteiger partial charge in [0.05, 0.1) is 25.3 Å². The van der Waals surface area contributed by atoms with Crippen molar-refractivity contribution in [2.75, 3.05) is 90.8 Å². The second-order valence-corrected chi connectivity index (χ2v) is 12.5. The molecule has 0 saturated carbocycles. The highest BCUT2D eigenvalue weighted by Crippen LogP contribution is 2.39.